The van der Waals surface area contributed by atoms with Crippen molar-refractivity contribution >= 4 is 31.9 Å². The molecule has 0 aliphatic heterocycles. The molecule has 1 unspecified atom stereocenters. The lowest BCUT2D eigenvalue weighted by Crippen LogP contribution is -2.29. The van der Waals surface area contributed by atoms with Gasteiger partial charge in [-0.1, -0.05) is 34.1 Å². The molecule has 0 spiro atoms. The molecule has 0 fully saturated rings. The normalized spacial score (nSPS) is 12.2. The summed E-state index contributed by atoms with van der Waals surface area (Å²) in [7, 11) is 3.70. The number of hydrogen-bond acceptors (Lipinski definition) is 2. The first-order valence-corrected chi connectivity index (χ1v) is 8.45. The van der Waals surface area contributed by atoms with Gasteiger partial charge in [-0.3, -0.25) is 0 Å². The highest BCUT2D eigenvalue weighted by Gasteiger charge is 2.10. The van der Waals surface area contributed by atoms with Gasteiger partial charge in [-0.2, -0.15) is 0 Å². The molecule has 0 radical (unpaired) electrons. The quantitative estimate of drug-likeness (QED) is 0.748. The van der Waals surface area contributed by atoms with E-state index in [2.05, 4.69) is 73.6 Å². The Balaban J connectivity index is 2.05. The van der Waals surface area contributed by atoms with E-state index in [1.807, 2.05) is 13.1 Å². The molecule has 0 amide bonds. The maximum Gasteiger partial charge on any atom is 0.133 e. The average Bonchev–Trinajstić information content (AvgIpc) is 2.49. The Morgan fingerprint density at radius 1 is 1.00 bits per heavy atom. The second kappa shape index (κ2) is 7.97. The maximum absolute atomic E-state index is 5.27. The summed E-state index contributed by atoms with van der Waals surface area (Å²) in [6, 6.07) is 15.2. The van der Waals surface area contributed by atoms with Crippen LogP contribution in [0.5, 0.6) is 5.75 Å². The molecule has 2 nitrogen and oxygen atoms in total. The van der Waals surface area contributed by atoms with E-state index < -0.39 is 0 Å². The zero-order chi connectivity index (χ0) is 15.2. The van der Waals surface area contributed by atoms with Crippen LogP contribution in [0.3, 0.4) is 0 Å². The van der Waals surface area contributed by atoms with Gasteiger partial charge in [0.25, 0.3) is 0 Å². The molecule has 4 heteroatoms. The summed E-state index contributed by atoms with van der Waals surface area (Å²) < 4.78 is 7.39. The zero-order valence-corrected chi connectivity index (χ0v) is 15.4. The molecular weight excluding hydrogens is 394 g/mol. The van der Waals surface area contributed by atoms with Crippen LogP contribution in [0.2, 0.25) is 0 Å². The number of rotatable bonds is 6. The van der Waals surface area contributed by atoms with Gasteiger partial charge in [0.1, 0.15) is 5.75 Å². The first kappa shape index (κ1) is 16.5. The Labute approximate surface area is 143 Å². The Kier molecular flexibility index (Phi) is 6.27. The lowest BCUT2D eigenvalue weighted by atomic mass is 9.99. The SMILES string of the molecule is CNC(Cc1ccc(Br)cc1)Cc1ccc(OC)c(Br)c1. The van der Waals surface area contributed by atoms with E-state index in [1.54, 1.807) is 7.11 Å². The van der Waals surface area contributed by atoms with Crippen LogP contribution in [-0.2, 0) is 12.8 Å². The van der Waals surface area contributed by atoms with Crippen molar-refractivity contribution in [3.63, 3.8) is 0 Å². The molecule has 2 aromatic rings. The predicted octanol–water partition coefficient (Wildman–Crippen LogP) is 4.59. The summed E-state index contributed by atoms with van der Waals surface area (Å²) in [6.07, 6.45) is 1.99. The summed E-state index contributed by atoms with van der Waals surface area (Å²) in [5.41, 5.74) is 2.63. The Hall–Kier alpha value is -0.840. The Morgan fingerprint density at radius 2 is 1.62 bits per heavy atom. The van der Waals surface area contributed by atoms with Crippen molar-refractivity contribution in [1.82, 2.24) is 5.32 Å². The van der Waals surface area contributed by atoms with E-state index in [1.165, 1.54) is 11.1 Å². The van der Waals surface area contributed by atoms with Crippen LogP contribution < -0.4 is 10.1 Å². The molecule has 2 aromatic carbocycles. The molecular formula is C17H19Br2NO. The zero-order valence-electron chi connectivity index (χ0n) is 12.2. The standard InChI is InChI=1S/C17H19Br2NO/c1-20-15(9-12-3-6-14(18)7-4-12)10-13-5-8-17(21-2)16(19)11-13/h3-8,11,15,20H,9-10H2,1-2H3. The number of likely N-dealkylation sites (N-methyl/N-ethyl adjacent to an activating group) is 1. The summed E-state index contributed by atoms with van der Waals surface area (Å²) in [4.78, 5) is 0. The van der Waals surface area contributed by atoms with Gasteiger partial charge in [-0.15, -0.1) is 0 Å². The van der Waals surface area contributed by atoms with Gasteiger partial charge in [0, 0.05) is 10.5 Å². The minimum Gasteiger partial charge on any atom is -0.496 e. The molecule has 0 aromatic heterocycles. The van der Waals surface area contributed by atoms with Crippen molar-refractivity contribution in [2.24, 2.45) is 0 Å². The molecule has 0 aliphatic rings. The molecule has 112 valence electrons. The highest BCUT2D eigenvalue weighted by molar-refractivity contribution is 9.10. The summed E-state index contributed by atoms with van der Waals surface area (Å²) in [6.45, 7) is 0. The van der Waals surface area contributed by atoms with Gasteiger partial charge in [-0.05, 0) is 71.2 Å². The number of benzene rings is 2. The summed E-state index contributed by atoms with van der Waals surface area (Å²) in [5, 5.41) is 3.40. The lowest BCUT2D eigenvalue weighted by Gasteiger charge is -2.17. The first-order valence-electron chi connectivity index (χ1n) is 6.86. The fourth-order valence-electron chi connectivity index (χ4n) is 2.30. The van der Waals surface area contributed by atoms with Crippen LogP contribution in [0.4, 0.5) is 0 Å². The van der Waals surface area contributed by atoms with E-state index in [0.717, 1.165) is 27.5 Å². The molecule has 0 saturated heterocycles. The van der Waals surface area contributed by atoms with E-state index in [0.29, 0.717) is 6.04 Å². The summed E-state index contributed by atoms with van der Waals surface area (Å²) >= 11 is 7.01. The minimum atomic E-state index is 0.409. The Bertz CT molecular complexity index is 584. The van der Waals surface area contributed by atoms with Crippen LogP contribution in [0.1, 0.15) is 11.1 Å². The van der Waals surface area contributed by atoms with Gasteiger partial charge in [0.05, 0.1) is 11.6 Å². The van der Waals surface area contributed by atoms with Gasteiger partial charge in [0.2, 0.25) is 0 Å². The molecule has 21 heavy (non-hydrogen) atoms. The van der Waals surface area contributed by atoms with E-state index in [-0.39, 0.29) is 0 Å². The van der Waals surface area contributed by atoms with Gasteiger partial charge >= 0.3 is 0 Å². The maximum atomic E-state index is 5.27. The topological polar surface area (TPSA) is 21.3 Å². The summed E-state index contributed by atoms with van der Waals surface area (Å²) in [5.74, 6) is 0.868. The van der Waals surface area contributed by atoms with E-state index in [4.69, 9.17) is 4.74 Å². The van der Waals surface area contributed by atoms with Crippen LogP contribution in [0, 0.1) is 0 Å². The number of ether oxygens (including phenoxy) is 1. The third-order valence-electron chi connectivity index (χ3n) is 3.50. The number of hydrogen-bond donors (Lipinski definition) is 1. The van der Waals surface area contributed by atoms with Crippen LogP contribution in [0.15, 0.2) is 51.4 Å². The fourth-order valence-corrected chi connectivity index (χ4v) is 3.16. The predicted molar refractivity (Wildman–Crippen MR) is 95.1 cm³/mol. The molecule has 0 bridgehead atoms. The van der Waals surface area contributed by atoms with Gasteiger partial charge < -0.3 is 10.1 Å². The second-order valence-electron chi connectivity index (χ2n) is 4.99. The Morgan fingerprint density at radius 3 is 2.19 bits per heavy atom. The van der Waals surface area contributed by atoms with Crippen molar-refractivity contribution in [3.8, 4) is 5.75 Å². The van der Waals surface area contributed by atoms with Crippen molar-refractivity contribution in [2.75, 3.05) is 14.2 Å². The largest absolute Gasteiger partial charge is 0.496 e. The van der Waals surface area contributed by atoms with E-state index in [9.17, 15) is 0 Å². The minimum absolute atomic E-state index is 0.409. The van der Waals surface area contributed by atoms with Crippen molar-refractivity contribution < 1.29 is 4.74 Å². The molecule has 0 saturated carbocycles. The third kappa shape index (κ3) is 4.83. The number of methoxy groups -OCH3 is 1. The van der Waals surface area contributed by atoms with Crippen molar-refractivity contribution in [2.45, 2.75) is 18.9 Å². The molecule has 0 aliphatic carbocycles. The monoisotopic (exact) mass is 411 g/mol. The van der Waals surface area contributed by atoms with Gasteiger partial charge in [-0.25, -0.2) is 0 Å². The van der Waals surface area contributed by atoms with Gasteiger partial charge in [0.15, 0.2) is 0 Å². The molecule has 0 heterocycles. The highest BCUT2D eigenvalue weighted by atomic mass is 79.9. The molecule has 1 N–H and O–H groups in total. The lowest BCUT2D eigenvalue weighted by molar-refractivity contribution is 0.412. The molecule has 2 rings (SSSR count). The second-order valence-corrected chi connectivity index (χ2v) is 6.76. The number of halogens is 2. The molecule has 1 atom stereocenters. The van der Waals surface area contributed by atoms with Crippen LogP contribution in [-0.4, -0.2) is 20.2 Å². The smallest absolute Gasteiger partial charge is 0.133 e. The third-order valence-corrected chi connectivity index (χ3v) is 4.65. The number of nitrogens with one attached hydrogen (secondary N) is 1. The van der Waals surface area contributed by atoms with E-state index >= 15 is 0 Å². The van der Waals surface area contributed by atoms with Crippen LogP contribution in [0.25, 0.3) is 0 Å². The first-order chi connectivity index (χ1) is 10.1. The van der Waals surface area contributed by atoms with Crippen molar-refractivity contribution in [3.05, 3.63) is 62.5 Å². The van der Waals surface area contributed by atoms with Crippen LogP contribution >= 0.6 is 31.9 Å². The highest BCUT2D eigenvalue weighted by Crippen LogP contribution is 2.26. The fraction of sp³-hybridized carbons (Fsp3) is 0.294. The van der Waals surface area contributed by atoms with Crippen molar-refractivity contribution in [1.29, 1.82) is 0 Å². The average molecular weight is 413 g/mol.